The van der Waals surface area contributed by atoms with Crippen LogP contribution in [0, 0.1) is 17.2 Å². The molecule has 0 aliphatic rings. The second kappa shape index (κ2) is 5.90. The van der Waals surface area contributed by atoms with Crippen LogP contribution in [0.5, 0.6) is 0 Å². The third-order valence-corrected chi connectivity index (χ3v) is 1.12. The molecule has 0 aromatic rings. The second-order valence-electron chi connectivity index (χ2n) is 1.93. The molecule has 0 saturated carbocycles. The van der Waals surface area contributed by atoms with E-state index in [0.29, 0.717) is 6.42 Å². The molecule has 0 spiro atoms. The number of rotatable bonds is 3. The van der Waals surface area contributed by atoms with Gasteiger partial charge in [0.05, 0.1) is 12.0 Å². The van der Waals surface area contributed by atoms with Crippen molar-refractivity contribution in [2.45, 2.75) is 13.3 Å². The van der Waals surface area contributed by atoms with Crippen LogP contribution in [0.2, 0.25) is 0 Å². The van der Waals surface area contributed by atoms with Gasteiger partial charge in [0.15, 0.2) is 0 Å². The fourth-order valence-corrected chi connectivity index (χ4v) is 0.632. The Balaban J connectivity index is 0. The van der Waals surface area contributed by atoms with Crippen molar-refractivity contribution >= 4 is 0 Å². The molecule has 2 N–H and O–H groups in total. The summed E-state index contributed by atoms with van der Waals surface area (Å²) < 4.78 is 0. The Morgan fingerprint density at radius 3 is 2.90 bits per heavy atom. The van der Waals surface area contributed by atoms with E-state index in [4.69, 9.17) is 11.0 Å². The summed E-state index contributed by atoms with van der Waals surface area (Å²) in [5.41, 5.74) is 5.11. The molecular weight excluding hydrogens is 124 g/mol. The lowest BCUT2D eigenvalue weighted by Crippen LogP contribution is -1.89. The van der Waals surface area contributed by atoms with E-state index in [1.807, 2.05) is 19.1 Å². The molecule has 0 rings (SSSR count). The molecule has 1 unspecified atom stereocenters. The largest absolute Gasteiger partial charge is 0.405 e. The summed E-state index contributed by atoms with van der Waals surface area (Å²) in [4.78, 5) is 0. The van der Waals surface area contributed by atoms with Gasteiger partial charge in [-0.05, 0) is 19.5 Å². The predicted octanol–water partition coefficient (Wildman–Crippen LogP) is 1.81. The summed E-state index contributed by atoms with van der Waals surface area (Å²) in [5.74, 6) is -0.0233. The van der Waals surface area contributed by atoms with Gasteiger partial charge in [-0.1, -0.05) is 18.2 Å². The fourth-order valence-electron chi connectivity index (χ4n) is 0.632. The molecule has 0 amide bonds. The predicted molar refractivity (Wildman–Crippen MR) is 44.0 cm³/mol. The minimum absolute atomic E-state index is 0. The molecule has 1 atom stereocenters. The van der Waals surface area contributed by atoms with Crippen molar-refractivity contribution in [3.05, 3.63) is 24.4 Å². The molecule has 0 aromatic carbocycles. The standard InChI is InChI=1S/C8H12N2.H2/c1-2-4-8(7-10)5-3-6-9;/h2-4,6,8H,5,9H2,1H3;1H/b4-2-,6-3+;. The highest BCUT2D eigenvalue weighted by Crippen LogP contribution is 2.03. The van der Waals surface area contributed by atoms with Gasteiger partial charge in [-0.2, -0.15) is 5.26 Å². The average Bonchev–Trinajstić information content (AvgIpc) is 1.98. The SMILES string of the molecule is C/C=C\C(C#N)C/C=C/N.[HH]. The van der Waals surface area contributed by atoms with Gasteiger partial charge >= 0.3 is 0 Å². The number of nitriles is 1. The van der Waals surface area contributed by atoms with Crippen molar-refractivity contribution in [3.8, 4) is 6.07 Å². The summed E-state index contributed by atoms with van der Waals surface area (Å²) in [7, 11) is 0. The van der Waals surface area contributed by atoms with Crippen LogP contribution in [0.4, 0.5) is 0 Å². The Labute approximate surface area is 63.1 Å². The summed E-state index contributed by atoms with van der Waals surface area (Å²) in [6.07, 6.45) is 7.69. The molecule has 0 aliphatic carbocycles. The molecule has 56 valence electrons. The first-order valence-electron chi connectivity index (χ1n) is 3.24. The lowest BCUT2D eigenvalue weighted by atomic mass is 10.1. The van der Waals surface area contributed by atoms with Crippen molar-refractivity contribution in [1.82, 2.24) is 0 Å². The third-order valence-electron chi connectivity index (χ3n) is 1.12. The van der Waals surface area contributed by atoms with Crippen LogP contribution < -0.4 is 5.73 Å². The third kappa shape index (κ3) is 3.73. The van der Waals surface area contributed by atoms with Gasteiger partial charge in [0, 0.05) is 1.43 Å². The molecule has 0 aliphatic heterocycles. The first-order valence-corrected chi connectivity index (χ1v) is 3.24. The smallest absolute Gasteiger partial charge is 0.0700 e. The van der Waals surface area contributed by atoms with Crippen molar-refractivity contribution in [2.75, 3.05) is 0 Å². The Hall–Kier alpha value is -1.23. The van der Waals surface area contributed by atoms with Crippen LogP contribution in [0.25, 0.3) is 0 Å². The highest BCUT2D eigenvalue weighted by molar-refractivity contribution is 5.02. The summed E-state index contributed by atoms with van der Waals surface area (Å²) in [6, 6.07) is 2.14. The Morgan fingerprint density at radius 2 is 2.50 bits per heavy atom. The fraction of sp³-hybridized carbons (Fsp3) is 0.375. The number of allylic oxidation sites excluding steroid dienone is 3. The van der Waals surface area contributed by atoms with Crippen LogP contribution in [-0.2, 0) is 0 Å². The number of hydrogen-bond donors (Lipinski definition) is 1. The maximum absolute atomic E-state index is 8.51. The number of hydrogen-bond acceptors (Lipinski definition) is 2. The van der Waals surface area contributed by atoms with E-state index in [1.54, 1.807) is 6.08 Å². The summed E-state index contributed by atoms with van der Waals surface area (Å²) >= 11 is 0. The van der Waals surface area contributed by atoms with E-state index >= 15 is 0 Å². The molecule has 10 heavy (non-hydrogen) atoms. The minimum atomic E-state index is -0.0233. The van der Waals surface area contributed by atoms with Crippen molar-refractivity contribution in [2.24, 2.45) is 11.7 Å². The summed E-state index contributed by atoms with van der Waals surface area (Å²) in [5, 5.41) is 8.51. The van der Waals surface area contributed by atoms with Gasteiger partial charge < -0.3 is 5.73 Å². The van der Waals surface area contributed by atoms with Gasteiger partial charge in [0.1, 0.15) is 0 Å². The molecule has 0 fully saturated rings. The zero-order valence-electron chi connectivity index (χ0n) is 6.12. The van der Waals surface area contributed by atoms with Crippen LogP contribution in [0.15, 0.2) is 24.4 Å². The second-order valence-corrected chi connectivity index (χ2v) is 1.93. The Morgan fingerprint density at radius 1 is 1.80 bits per heavy atom. The van der Waals surface area contributed by atoms with Crippen molar-refractivity contribution < 1.29 is 1.43 Å². The maximum Gasteiger partial charge on any atom is 0.0700 e. The van der Waals surface area contributed by atoms with E-state index in [9.17, 15) is 0 Å². The summed E-state index contributed by atoms with van der Waals surface area (Å²) in [6.45, 7) is 1.90. The quantitative estimate of drug-likeness (QED) is 0.604. The highest BCUT2D eigenvalue weighted by Gasteiger charge is 1.96. The topological polar surface area (TPSA) is 49.8 Å². The number of nitrogens with zero attached hydrogens (tertiary/aromatic N) is 1. The molecule has 2 nitrogen and oxygen atoms in total. The van der Waals surface area contributed by atoms with E-state index < -0.39 is 0 Å². The van der Waals surface area contributed by atoms with Crippen LogP contribution in [0.3, 0.4) is 0 Å². The molecule has 0 saturated heterocycles. The van der Waals surface area contributed by atoms with Gasteiger partial charge in [0.25, 0.3) is 0 Å². The van der Waals surface area contributed by atoms with Gasteiger partial charge in [-0.25, -0.2) is 0 Å². The maximum atomic E-state index is 8.51. The normalized spacial score (nSPS) is 14.0. The van der Waals surface area contributed by atoms with Crippen molar-refractivity contribution in [1.29, 1.82) is 5.26 Å². The van der Waals surface area contributed by atoms with Crippen LogP contribution >= 0.6 is 0 Å². The zero-order chi connectivity index (χ0) is 7.82. The molecule has 0 heterocycles. The molecule has 0 radical (unpaired) electrons. The number of nitrogens with two attached hydrogens (primary N) is 1. The average molecular weight is 138 g/mol. The Kier molecular flexibility index (Phi) is 5.17. The molecular formula is C8H14N2. The van der Waals surface area contributed by atoms with Gasteiger partial charge in [-0.3, -0.25) is 0 Å². The first-order chi connectivity index (χ1) is 4.85. The molecule has 0 aromatic heterocycles. The van der Waals surface area contributed by atoms with Crippen LogP contribution in [0.1, 0.15) is 14.8 Å². The van der Waals surface area contributed by atoms with E-state index in [-0.39, 0.29) is 7.34 Å². The monoisotopic (exact) mass is 138 g/mol. The molecule has 2 heteroatoms. The lowest BCUT2D eigenvalue weighted by Gasteiger charge is -1.94. The van der Waals surface area contributed by atoms with E-state index in [2.05, 4.69) is 6.07 Å². The lowest BCUT2D eigenvalue weighted by molar-refractivity contribution is 0.844. The molecule has 0 bridgehead atoms. The van der Waals surface area contributed by atoms with Gasteiger partial charge in [-0.15, -0.1) is 0 Å². The van der Waals surface area contributed by atoms with Crippen LogP contribution in [-0.4, -0.2) is 0 Å². The first kappa shape index (κ1) is 8.77. The van der Waals surface area contributed by atoms with E-state index in [0.717, 1.165) is 0 Å². The highest BCUT2D eigenvalue weighted by atomic mass is 14.5. The van der Waals surface area contributed by atoms with Gasteiger partial charge in [0.2, 0.25) is 0 Å². The van der Waals surface area contributed by atoms with Crippen molar-refractivity contribution in [3.63, 3.8) is 0 Å². The minimum Gasteiger partial charge on any atom is -0.405 e. The zero-order valence-corrected chi connectivity index (χ0v) is 6.12. The Bertz CT molecular complexity index is 167. The van der Waals surface area contributed by atoms with E-state index in [1.165, 1.54) is 6.20 Å².